The second-order valence-electron chi connectivity index (χ2n) is 7.68. The molecule has 1 aliphatic rings. The summed E-state index contributed by atoms with van der Waals surface area (Å²) in [5, 5.41) is 4.01. The third-order valence-electron chi connectivity index (χ3n) is 5.46. The molecular weight excluding hydrogens is 404 g/mol. The molecule has 0 saturated carbocycles. The SMILES string of the molecule is COc1cc(-c2cc(C)c3ccc(NC(=O)Cc4ccccc4)cc3n2)cc2c1OCO2. The Hall–Kier alpha value is -4.06. The van der Waals surface area contributed by atoms with Gasteiger partial charge < -0.3 is 19.5 Å². The summed E-state index contributed by atoms with van der Waals surface area (Å²) < 4.78 is 16.5. The number of carbonyl (C=O) groups excluding carboxylic acids is 1. The molecule has 6 heteroatoms. The van der Waals surface area contributed by atoms with Crippen molar-refractivity contribution in [2.75, 3.05) is 19.2 Å². The van der Waals surface area contributed by atoms with Crippen LogP contribution < -0.4 is 19.5 Å². The average molecular weight is 426 g/mol. The lowest BCUT2D eigenvalue weighted by Crippen LogP contribution is -2.14. The van der Waals surface area contributed by atoms with Gasteiger partial charge in [-0.15, -0.1) is 0 Å². The van der Waals surface area contributed by atoms with E-state index in [9.17, 15) is 4.79 Å². The molecule has 1 amide bonds. The topological polar surface area (TPSA) is 69.7 Å². The number of rotatable bonds is 5. The molecule has 0 unspecified atom stereocenters. The van der Waals surface area contributed by atoms with Gasteiger partial charge in [0.1, 0.15) is 0 Å². The van der Waals surface area contributed by atoms with Gasteiger partial charge in [-0.25, -0.2) is 4.98 Å². The van der Waals surface area contributed by atoms with Crippen LogP contribution in [0.4, 0.5) is 5.69 Å². The minimum Gasteiger partial charge on any atom is -0.493 e. The van der Waals surface area contributed by atoms with Gasteiger partial charge in [-0.3, -0.25) is 4.79 Å². The molecular formula is C26H22N2O4. The van der Waals surface area contributed by atoms with Crippen LogP contribution in [0.3, 0.4) is 0 Å². The number of amides is 1. The Morgan fingerprint density at radius 2 is 1.91 bits per heavy atom. The van der Waals surface area contributed by atoms with Gasteiger partial charge in [0.05, 0.1) is 24.7 Å². The number of hydrogen-bond donors (Lipinski definition) is 1. The maximum atomic E-state index is 12.5. The van der Waals surface area contributed by atoms with Crippen LogP contribution in [-0.2, 0) is 11.2 Å². The van der Waals surface area contributed by atoms with Crippen molar-refractivity contribution in [2.24, 2.45) is 0 Å². The summed E-state index contributed by atoms with van der Waals surface area (Å²) >= 11 is 0. The van der Waals surface area contributed by atoms with Gasteiger partial charge in [0.2, 0.25) is 18.4 Å². The van der Waals surface area contributed by atoms with Crippen LogP contribution in [0.1, 0.15) is 11.1 Å². The van der Waals surface area contributed by atoms with E-state index in [0.29, 0.717) is 29.4 Å². The van der Waals surface area contributed by atoms with E-state index in [-0.39, 0.29) is 12.7 Å². The molecule has 5 rings (SSSR count). The lowest BCUT2D eigenvalue weighted by Gasteiger charge is -2.11. The fraction of sp³-hybridized carbons (Fsp3) is 0.154. The summed E-state index contributed by atoms with van der Waals surface area (Å²) in [5.41, 5.74) is 5.23. The van der Waals surface area contributed by atoms with Crippen molar-refractivity contribution in [3.05, 3.63) is 77.9 Å². The molecule has 6 nitrogen and oxygen atoms in total. The highest BCUT2D eigenvalue weighted by Gasteiger charge is 2.21. The van der Waals surface area contributed by atoms with Crippen molar-refractivity contribution < 1.29 is 19.0 Å². The summed E-state index contributed by atoms with van der Waals surface area (Å²) in [6, 6.07) is 21.3. The van der Waals surface area contributed by atoms with Crippen LogP contribution in [0.5, 0.6) is 17.2 Å². The number of aromatic nitrogens is 1. The Bertz CT molecular complexity index is 1320. The number of carbonyl (C=O) groups is 1. The molecule has 3 aromatic carbocycles. The summed E-state index contributed by atoms with van der Waals surface area (Å²) in [6.45, 7) is 2.22. The Labute approximate surface area is 185 Å². The third kappa shape index (κ3) is 3.83. The first kappa shape index (κ1) is 19.9. The number of ether oxygens (including phenoxy) is 3. The molecule has 160 valence electrons. The summed E-state index contributed by atoms with van der Waals surface area (Å²) in [6.07, 6.45) is 0.322. The van der Waals surface area contributed by atoms with E-state index in [2.05, 4.69) is 5.32 Å². The van der Waals surface area contributed by atoms with Crippen LogP contribution >= 0.6 is 0 Å². The molecule has 0 bridgehead atoms. The zero-order valence-electron chi connectivity index (χ0n) is 17.8. The van der Waals surface area contributed by atoms with Gasteiger partial charge in [-0.05, 0) is 48.4 Å². The second kappa shape index (κ2) is 8.23. The largest absolute Gasteiger partial charge is 0.493 e. The summed E-state index contributed by atoms with van der Waals surface area (Å²) in [7, 11) is 1.60. The predicted octanol–water partition coefficient (Wildman–Crippen LogP) is 5.13. The van der Waals surface area contributed by atoms with E-state index >= 15 is 0 Å². The minimum atomic E-state index is -0.0658. The first-order valence-corrected chi connectivity index (χ1v) is 10.3. The molecule has 0 fully saturated rings. The van der Waals surface area contributed by atoms with Gasteiger partial charge in [0.25, 0.3) is 0 Å². The van der Waals surface area contributed by atoms with Gasteiger partial charge >= 0.3 is 0 Å². The molecule has 32 heavy (non-hydrogen) atoms. The maximum Gasteiger partial charge on any atom is 0.231 e. The standard InChI is InChI=1S/C26H22N2O4/c1-16-10-21(18-12-23(30-2)26-24(13-18)31-15-32-26)28-22-14-19(8-9-20(16)22)27-25(29)11-17-6-4-3-5-7-17/h3-10,12-14H,11,15H2,1-2H3,(H,27,29). The molecule has 4 aromatic rings. The molecule has 0 spiro atoms. The number of fused-ring (bicyclic) bond motifs is 2. The number of methoxy groups -OCH3 is 1. The number of pyridine rings is 1. The minimum absolute atomic E-state index is 0.0658. The zero-order chi connectivity index (χ0) is 22.1. The lowest BCUT2D eigenvalue weighted by atomic mass is 10.0. The van der Waals surface area contributed by atoms with E-state index in [1.165, 1.54) is 0 Å². The molecule has 0 radical (unpaired) electrons. The van der Waals surface area contributed by atoms with E-state index in [1.807, 2.05) is 73.7 Å². The second-order valence-corrected chi connectivity index (χ2v) is 7.68. The number of hydrogen-bond acceptors (Lipinski definition) is 5. The van der Waals surface area contributed by atoms with Crippen molar-refractivity contribution in [3.63, 3.8) is 0 Å². The van der Waals surface area contributed by atoms with Crippen LogP contribution in [0.2, 0.25) is 0 Å². The van der Waals surface area contributed by atoms with Gasteiger partial charge in [0.15, 0.2) is 11.5 Å². The molecule has 0 saturated heterocycles. The van der Waals surface area contributed by atoms with Crippen LogP contribution in [0, 0.1) is 6.92 Å². The van der Waals surface area contributed by atoms with Crippen LogP contribution in [0.25, 0.3) is 22.2 Å². The Morgan fingerprint density at radius 1 is 1.06 bits per heavy atom. The fourth-order valence-electron chi connectivity index (χ4n) is 3.89. The van der Waals surface area contributed by atoms with E-state index in [1.54, 1.807) is 7.11 Å². The van der Waals surface area contributed by atoms with E-state index in [4.69, 9.17) is 19.2 Å². The third-order valence-corrected chi connectivity index (χ3v) is 5.46. The first-order valence-electron chi connectivity index (χ1n) is 10.3. The number of aryl methyl sites for hydroxylation is 1. The molecule has 1 aliphatic heterocycles. The molecule has 2 heterocycles. The normalized spacial score (nSPS) is 12.1. The first-order chi connectivity index (χ1) is 15.6. The molecule has 0 atom stereocenters. The number of benzene rings is 3. The lowest BCUT2D eigenvalue weighted by molar-refractivity contribution is -0.115. The van der Waals surface area contributed by atoms with Crippen molar-refractivity contribution >= 4 is 22.5 Å². The number of nitrogens with zero attached hydrogens (tertiary/aromatic N) is 1. The number of nitrogens with one attached hydrogen (secondary N) is 1. The van der Waals surface area contributed by atoms with Crippen molar-refractivity contribution in [1.29, 1.82) is 0 Å². The predicted molar refractivity (Wildman–Crippen MR) is 123 cm³/mol. The fourth-order valence-corrected chi connectivity index (χ4v) is 3.89. The van der Waals surface area contributed by atoms with Gasteiger partial charge in [0, 0.05) is 16.6 Å². The Morgan fingerprint density at radius 3 is 2.72 bits per heavy atom. The zero-order valence-corrected chi connectivity index (χ0v) is 17.8. The van der Waals surface area contributed by atoms with Crippen molar-refractivity contribution in [2.45, 2.75) is 13.3 Å². The Balaban J connectivity index is 1.47. The number of anilines is 1. The van der Waals surface area contributed by atoms with Crippen LogP contribution in [-0.4, -0.2) is 24.8 Å². The molecule has 0 aliphatic carbocycles. The monoisotopic (exact) mass is 426 g/mol. The summed E-state index contributed by atoms with van der Waals surface area (Å²) in [5.74, 6) is 1.79. The van der Waals surface area contributed by atoms with Gasteiger partial charge in [-0.2, -0.15) is 0 Å². The smallest absolute Gasteiger partial charge is 0.231 e. The van der Waals surface area contributed by atoms with Crippen molar-refractivity contribution in [1.82, 2.24) is 4.98 Å². The highest BCUT2D eigenvalue weighted by molar-refractivity contribution is 5.95. The summed E-state index contributed by atoms with van der Waals surface area (Å²) in [4.78, 5) is 17.3. The van der Waals surface area contributed by atoms with E-state index < -0.39 is 0 Å². The van der Waals surface area contributed by atoms with Crippen LogP contribution in [0.15, 0.2) is 66.7 Å². The highest BCUT2D eigenvalue weighted by atomic mass is 16.7. The average Bonchev–Trinajstić information content (AvgIpc) is 3.27. The quantitative estimate of drug-likeness (QED) is 0.479. The van der Waals surface area contributed by atoms with E-state index in [0.717, 1.165) is 33.3 Å². The molecule has 1 aromatic heterocycles. The molecule has 1 N–H and O–H groups in total. The maximum absolute atomic E-state index is 12.5. The van der Waals surface area contributed by atoms with Crippen molar-refractivity contribution in [3.8, 4) is 28.5 Å². The Kier molecular flexibility index (Phi) is 5.11. The highest BCUT2D eigenvalue weighted by Crippen LogP contribution is 2.44. The van der Waals surface area contributed by atoms with Gasteiger partial charge in [-0.1, -0.05) is 36.4 Å².